The summed E-state index contributed by atoms with van der Waals surface area (Å²) < 4.78 is 0. The van der Waals surface area contributed by atoms with E-state index in [0.717, 1.165) is 15.9 Å². The number of hydrogen-bond acceptors (Lipinski definition) is 0. The van der Waals surface area contributed by atoms with Gasteiger partial charge in [-0.15, -0.1) is 11.1 Å². The van der Waals surface area contributed by atoms with Gasteiger partial charge < -0.3 is 30.5 Å². The molecule has 2 aromatic carbocycles. The SMILES string of the molecule is CC(C)(C)[NH-].C[SiH]C.[Cl-].[Cl-].[Hf+4].[c-]1cccc2c1Cc1ccccc1-2. The van der Waals surface area contributed by atoms with Crippen LogP contribution in [0.2, 0.25) is 13.1 Å². The normalized spacial score (nSPS) is 9.92. The second-order valence-electron chi connectivity index (χ2n) is 6.22. The van der Waals surface area contributed by atoms with Crippen LogP contribution in [0.1, 0.15) is 31.9 Å². The van der Waals surface area contributed by atoms with Crippen LogP contribution in [0, 0.1) is 6.07 Å². The van der Waals surface area contributed by atoms with E-state index >= 15 is 0 Å². The monoisotopic (exact) mass is 546 g/mol. The zero-order valence-corrected chi connectivity index (χ0v) is 21.3. The molecule has 0 aliphatic heterocycles. The minimum atomic E-state index is -0.250. The topological polar surface area (TPSA) is 23.8 Å². The maximum Gasteiger partial charge on any atom is 4.00 e. The molecule has 0 unspecified atom stereocenters. The Labute approximate surface area is 181 Å². The van der Waals surface area contributed by atoms with Gasteiger partial charge in [0.2, 0.25) is 0 Å². The van der Waals surface area contributed by atoms with Crippen LogP contribution < -0.4 is 24.8 Å². The zero-order valence-electron chi connectivity index (χ0n) is 15.1. The third kappa shape index (κ3) is 10.8. The average molecular weight is 546 g/mol. The molecular weight excluding hydrogens is 520 g/mol. The van der Waals surface area contributed by atoms with Gasteiger partial charge in [0, 0.05) is 9.52 Å². The van der Waals surface area contributed by atoms with Crippen molar-refractivity contribution in [2.45, 2.75) is 45.8 Å². The molecule has 0 aromatic heterocycles. The Morgan fingerprint density at radius 3 is 1.96 bits per heavy atom. The van der Waals surface area contributed by atoms with Crippen LogP contribution in [0.5, 0.6) is 0 Å². The molecule has 0 saturated heterocycles. The molecule has 0 bridgehead atoms. The first-order chi connectivity index (χ1) is 9.86. The van der Waals surface area contributed by atoms with Gasteiger partial charge in [-0.1, -0.05) is 69.3 Å². The molecule has 3 rings (SSSR count). The molecule has 1 aliphatic carbocycles. The molecule has 0 fully saturated rings. The molecular formula is C19H26Cl2HfNSi. The third-order valence-electron chi connectivity index (χ3n) is 2.62. The molecule has 1 N–H and O–H groups in total. The smallest absolute Gasteiger partial charge is 1.00 e. The second kappa shape index (κ2) is 14.3. The summed E-state index contributed by atoms with van der Waals surface area (Å²) in [4.78, 5) is 0. The molecule has 0 amide bonds. The predicted molar refractivity (Wildman–Crippen MR) is 96.5 cm³/mol. The largest absolute Gasteiger partial charge is 4.00 e. The summed E-state index contributed by atoms with van der Waals surface area (Å²) in [5.41, 5.74) is 12.2. The van der Waals surface area contributed by atoms with Crippen molar-refractivity contribution in [3.05, 3.63) is 65.4 Å². The first-order valence-electron chi connectivity index (χ1n) is 7.43. The van der Waals surface area contributed by atoms with Crippen molar-refractivity contribution >= 4 is 9.52 Å². The number of fused-ring (bicyclic) bond motifs is 3. The van der Waals surface area contributed by atoms with Crippen LogP contribution in [0.15, 0.2) is 42.5 Å². The Morgan fingerprint density at radius 2 is 1.42 bits per heavy atom. The molecule has 0 heterocycles. The second-order valence-corrected chi connectivity index (χ2v) is 7.38. The first-order valence-corrected chi connectivity index (χ1v) is 9.74. The van der Waals surface area contributed by atoms with Crippen LogP contribution in [-0.2, 0) is 32.3 Å². The van der Waals surface area contributed by atoms with E-state index in [9.17, 15) is 0 Å². The van der Waals surface area contributed by atoms with Gasteiger partial charge in [-0.3, -0.25) is 0 Å². The minimum absolute atomic E-state index is 0. The van der Waals surface area contributed by atoms with Gasteiger partial charge >= 0.3 is 25.8 Å². The van der Waals surface area contributed by atoms with Gasteiger partial charge in [0.25, 0.3) is 0 Å². The number of halogens is 2. The van der Waals surface area contributed by atoms with Gasteiger partial charge in [-0.2, -0.15) is 29.8 Å². The number of nitrogens with one attached hydrogen (secondary N) is 1. The summed E-state index contributed by atoms with van der Waals surface area (Å²) in [7, 11) is 0.750. The molecule has 0 atom stereocenters. The van der Waals surface area contributed by atoms with E-state index in [2.05, 4.69) is 55.6 Å². The van der Waals surface area contributed by atoms with Gasteiger partial charge in [0.05, 0.1) is 0 Å². The van der Waals surface area contributed by atoms with E-state index in [1.54, 1.807) is 0 Å². The Hall–Kier alpha value is 0.0670. The quantitative estimate of drug-likeness (QED) is 0.267. The summed E-state index contributed by atoms with van der Waals surface area (Å²) in [5, 5.41) is 0. The van der Waals surface area contributed by atoms with E-state index < -0.39 is 0 Å². The van der Waals surface area contributed by atoms with E-state index in [1.807, 2.05) is 26.8 Å². The van der Waals surface area contributed by atoms with E-state index in [4.69, 9.17) is 5.73 Å². The van der Waals surface area contributed by atoms with Crippen molar-refractivity contribution in [3.63, 3.8) is 0 Å². The van der Waals surface area contributed by atoms with Crippen LogP contribution in [-0.4, -0.2) is 15.1 Å². The van der Waals surface area contributed by atoms with Crippen molar-refractivity contribution < 1.29 is 50.7 Å². The Bertz CT molecular complexity index is 522. The van der Waals surface area contributed by atoms with Crippen molar-refractivity contribution in [3.8, 4) is 11.1 Å². The summed E-state index contributed by atoms with van der Waals surface area (Å²) in [6.45, 7) is 9.98. The zero-order chi connectivity index (χ0) is 15.9. The summed E-state index contributed by atoms with van der Waals surface area (Å²) >= 11 is 0. The molecule has 1 nitrogen and oxygen atoms in total. The van der Waals surface area contributed by atoms with Crippen LogP contribution >= 0.6 is 0 Å². The van der Waals surface area contributed by atoms with Crippen LogP contribution in [0.3, 0.4) is 0 Å². The molecule has 5 heteroatoms. The van der Waals surface area contributed by atoms with Gasteiger partial charge in [0.1, 0.15) is 0 Å². The maximum atomic E-state index is 6.94. The first kappa shape index (κ1) is 28.9. The molecule has 0 spiro atoms. The fourth-order valence-corrected chi connectivity index (χ4v) is 2.00. The van der Waals surface area contributed by atoms with E-state index in [0.29, 0.717) is 0 Å². The molecule has 2 aromatic rings. The molecule has 0 saturated carbocycles. The van der Waals surface area contributed by atoms with Crippen molar-refractivity contribution in [2.75, 3.05) is 0 Å². The number of rotatable bonds is 0. The third-order valence-corrected chi connectivity index (χ3v) is 2.62. The fraction of sp³-hybridized carbons (Fsp3) is 0.368. The van der Waals surface area contributed by atoms with Gasteiger partial charge in [0.15, 0.2) is 0 Å². The van der Waals surface area contributed by atoms with Crippen LogP contribution in [0.4, 0.5) is 0 Å². The molecule has 129 valence electrons. The number of benzene rings is 2. The maximum absolute atomic E-state index is 6.94. The van der Waals surface area contributed by atoms with Gasteiger partial charge in [-0.25, -0.2) is 0 Å². The molecule has 1 aliphatic rings. The van der Waals surface area contributed by atoms with Gasteiger partial charge in [-0.05, 0) is 6.42 Å². The van der Waals surface area contributed by atoms with Crippen molar-refractivity contribution in [2.24, 2.45) is 0 Å². The predicted octanol–water partition coefficient (Wildman–Crippen LogP) is -0.580. The van der Waals surface area contributed by atoms with E-state index in [-0.39, 0.29) is 56.2 Å². The van der Waals surface area contributed by atoms with Crippen molar-refractivity contribution in [1.29, 1.82) is 0 Å². The standard InChI is InChI=1S/C13H9.C4H10N.C2H7Si.2ClH.Hf/c1-3-7-12-10(5-1)9-11-6-2-4-8-13(11)12;1-4(2,3)5;1-3-2;;;/h1-5,7-8H,9H2;5H,1-3H3;3H,1-2H3;2*1H;/q2*-1;;;;+4/p-2. The summed E-state index contributed by atoms with van der Waals surface area (Å²) in [6, 6.07) is 18.1. The average Bonchev–Trinajstić information content (AvgIpc) is 2.76. The molecule has 24 heavy (non-hydrogen) atoms. The van der Waals surface area contributed by atoms with E-state index in [1.165, 1.54) is 22.3 Å². The van der Waals surface area contributed by atoms with Crippen LogP contribution in [0.25, 0.3) is 16.9 Å². The summed E-state index contributed by atoms with van der Waals surface area (Å²) in [6.07, 6.45) is 1.05. The Morgan fingerprint density at radius 1 is 0.958 bits per heavy atom. The summed E-state index contributed by atoms with van der Waals surface area (Å²) in [5.74, 6) is 0. The molecule has 1 radical (unpaired) electrons. The Kier molecular flexibility index (Phi) is 17.1. The minimum Gasteiger partial charge on any atom is -1.00 e. The Balaban J connectivity index is -0.000000351. The number of hydrogen-bond donors (Lipinski definition) is 0. The fourth-order valence-electron chi connectivity index (χ4n) is 2.00. The van der Waals surface area contributed by atoms with Crippen molar-refractivity contribution in [1.82, 2.24) is 0 Å².